The second-order valence-electron chi connectivity index (χ2n) is 4.75. The third-order valence-corrected chi connectivity index (χ3v) is 4.51. The van der Waals surface area contributed by atoms with E-state index < -0.39 is 5.97 Å². The van der Waals surface area contributed by atoms with Crippen molar-refractivity contribution in [1.82, 2.24) is 0 Å². The summed E-state index contributed by atoms with van der Waals surface area (Å²) in [5, 5.41) is 11.0. The molecule has 0 unspecified atom stereocenters. The Kier molecular flexibility index (Phi) is 4.64. The summed E-state index contributed by atoms with van der Waals surface area (Å²) in [6, 6.07) is 9.49. The van der Waals surface area contributed by atoms with Gasteiger partial charge in [-0.2, -0.15) is 0 Å². The molecule has 2 aromatic rings. The van der Waals surface area contributed by atoms with E-state index >= 15 is 0 Å². The average Bonchev–Trinajstić information content (AvgIpc) is 3.16. The van der Waals surface area contributed by atoms with E-state index in [1.54, 1.807) is 48.8 Å². The molecule has 120 valence electrons. The molecule has 2 heterocycles. The van der Waals surface area contributed by atoms with Gasteiger partial charge in [0.2, 0.25) is 0 Å². The van der Waals surface area contributed by atoms with E-state index in [-0.39, 0.29) is 11.5 Å². The number of benzene rings is 1. The second-order valence-corrected chi connectivity index (χ2v) is 6.43. The van der Waals surface area contributed by atoms with E-state index in [9.17, 15) is 14.7 Å². The monoisotopic (exact) mass is 356 g/mol. The third-order valence-electron chi connectivity index (χ3n) is 3.19. The number of nitrogens with zero attached hydrogens (tertiary/aromatic N) is 1. The van der Waals surface area contributed by atoms with Crippen LogP contribution in [-0.4, -0.2) is 16.2 Å². The number of hydrogen-bond acceptors (Lipinski definition) is 6. The molecule has 0 N–H and O–H groups in total. The van der Waals surface area contributed by atoms with Gasteiger partial charge in [-0.15, -0.1) is 0 Å². The molecule has 7 heteroatoms. The summed E-state index contributed by atoms with van der Waals surface area (Å²) in [4.78, 5) is 25.2. The van der Waals surface area contributed by atoms with Crippen LogP contribution < -0.4 is 10.0 Å². The number of hydrogen-bond donors (Lipinski definition) is 0. The number of rotatable bonds is 4. The number of thiocarbonyl (C=S) groups is 1. The van der Waals surface area contributed by atoms with Crippen LogP contribution in [0.5, 0.6) is 0 Å². The van der Waals surface area contributed by atoms with Crippen molar-refractivity contribution >= 4 is 51.9 Å². The van der Waals surface area contributed by atoms with Gasteiger partial charge in [0, 0.05) is 0 Å². The number of carboxylic acid groups (broad SMARTS) is 1. The molecular weight excluding hydrogens is 346 g/mol. The highest BCUT2D eigenvalue weighted by atomic mass is 32.2. The van der Waals surface area contributed by atoms with Crippen LogP contribution in [0.2, 0.25) is 0 Å². The molecule has 0 spiro atoms. The lowest BCUT2D eigenvalue weighted by molar-refractivity contribution is -0.255. The van der Waals surface area contributed by atoms with Crippen LogP contribution >= 0.6 is 24.0 Å². The summed E-state index contributed by atoms with van der Waals surface area (Å²) >= 11 is 6.39. The van der Waals surface area contributed by atoms with E-state index in [0.29, 0.717) is 20.7 Å². The van der Waals surface area contributed by atoms with Crippen molar-refractivity contribution in [3.05, 3.63) is 71.0 Å². The Morgan fingerprint density at radius 2 is 2.12 bits per heavy atom. The number of carbonyl (C=O) groups excluding carboxylic acids is 2. The molecule has 0 saturated carbocycles. The van der Waals surface area contributed by atoms with Gasteiger partial charge in [0.15, 0.2) is 4.32 Å². The molecule has 0 aliphatic carbocycles. The van der Waals surface area contributed by atoms with Gasteiger partial charge in [0.25, 0.3) is 5.91 Å². The van der Waals surface area contributed by atoms with E-state index in [0.717, 1.165) is 11.8 Å². The normalized spacial score (nSPS) is 16.5. The van der Waals surface area contributed by atoms with Crippen molar-refractivity contribution in [3.63, 3.8) is 0 Å². The van der Waals surface area contributed by atoms with E-state index in [1.165, 1.54) is 17.0 Å². The Balaban J connectivity index is 1.84. The van der Waals surface area contributed by atoms with Crippen LogP contribution in [0.1, 0.15) is 16.1 Å². The van der Waals surface area contributed by atoms with Gasteiger partial charge in [-0.25, -0.2) is 0 Å². The number of amides is 1. The Labute approximate surface area is 147 Å². The molecule has 1 saturated heterocycles. The van der Waals surface area contributed by atoms with Crippen molar-refractivity contribution < 1.29 is 19.1 Å². The zero-order chi connectivity index (χ0) is 17.1. The highest BCUT2D eigenvalue weighted by Gasteiger charge is 2.32. The SMILES string of the molecule is O=C([O-])c1cccc(N2C(=O)/C(=C\C=C\c3ccco3)SC2=S)c1. The first kappa shape index (κ1) is 16.2. The Hall–Kier alpha value is -2.64. The molecule has 0 atom stereocenters. The number of aromatic carboxylic acids is 1. The molecule has 1 aliphatic heterocycles. The summed E-state index contributed by atoms with van der Waals surface area (Å²) in [6.07, 6.45) is 6.62. The predicted molar refractivity (Wildman–Crippen MR) is 94.3 cm³/mol. The fourth-order valence-corrected chi connectivity index (χ4v) is 3.34. The summed E-state index contributed by atoms with van der Waals surface area (Å²) in [6.45, 7) is 0. The first-order valence-corrected chi connectivity index (χ1v) is 8.08. The largest absolute Gasteiger partial charge is 0.545 e. The lowest BCUT2D eigenvalue weighted by Gasteiger charge is -2.15. The fourth-order valence-electron chi connectivity index (χ4n) is 2.09. The van der Waals surface area contributed by atoms with Crippen molar-refractivity contribution in [1.29, 1.82) is 0 Å². The lowest BCUT2D eigenvalue weighted by atomic mass is 10.2. The molecule has 0 radical (unpaired) electrons. The number of anilines is 1. The van der Waals surface area contributed by atoms with Crippen molar-refractivity contribution in [2.45, 2.75) is 0 Å². The quantitative estimate of drug-likeness (QED) is 0.619. The van der Waals surface area contributed by atoms with Gasteiger partial charge >= 0.3 is 0 Å². The zero-order valence-corrected chi connectivity index (χ0v) is 13.8. The molecular formula is C17H10NO4S2-. The van der Waals surface area contributed by atoms with Gasteiger partial charge in [-0.3, -0.25) is 9.69 Å². The standard InChI is InChI=1S/C17H11NO4S2/c19-15-14(8-2-6-13-7-3-9-22-13)24-17(23)18(15)12-5-1-4-11(10-12)16(20)21/h1-10H,(H,20,21)/p-1/b6-2+,14-8+. The number of furan rings is 1. The van der Waals surface area contributed by atoms with Crippen LogP contribution in [0, 0.1) is 0 Å². The fraction of sp³-hybridized carbons (Fsp3) is 0. The minimum Gasteiger partial charge on any atom is -0.545 e. The lowest BCUT2D eigenvalue weighted by Crippen LogP contribution is -2.28. The molecule has 1 fully saturated rings. The summed E-state index contributed by atoms with van der Waals surface area (Å²) < 4.78 is 5.51. The molecule has 0 bridgehead atoms. The highest BCUT2D eigenvalue weighted by molar-refractivity contribution is 8.27. The average molecular weight is 356 g/mol. The molecule has 1 aromatic heterocycles. The smallest absolute Gasteiger partial charge is 0.270 e. The van der Waals surface area contributed by atoms with Gasteiger partial charge in [0.1, 0.15) is 5.76 Å². The topological polar surface area (TPSA) is 73.6 Å². The second kappa shape index (κ2) is 6.86. The number of carboxylic acids is 1. The maximum absolute atomic E-state index is 12.5. The molecule has 1 amide bonds. The third kappa shape index (κ3) is 3.32. The Morgan fingerprint density at radius 1 is 1.29 bits per heavy atom. The van der Waals surface area contributed by atoms with Crippen LogP contribution in [-0.2, 0) is 4.79 Å². The van der Waals surface area contributed by atoms with Crippen LogP contribution in [0.25, 0.3) is 6.08 Å². The van der Waals surface area contributed by atoms with Crippen LogP contribution in [0.3, 0.4) is 0 Å². The molecule has 24 heavy (non-hydrogen) atoms. The number of carbonyl (C=O) groups is 2. The van der Waals surface area contributed by atoms with Crippen molar-refractivity contribution in [2.24, 2.45) is 0 Å². The minimum atomic E-state index is -1.31. The van der Waals surface area contributed by atoms with Gasteiger partial charge in [-0.05, 0) is 42.0 Å². The van der Waals surface area contributed by atoms with E-state index in [4.69, 9.17) is 16.6 Å². The maximum Gasteiger partial charge on any atom is 0.270 e. The van der Waals surface area contributed by atoms with Crippen LogP contribution in [0.4, 0.5) is 5.69 Å². The molecule has 5 nitrogen and oxygen atoms in total. The summed E-state index contributed by atoms with van der Waals surface area (Å²) in [5.74, 6) is -0.938. The van der Waals surface area contributed by atoms with Gasteiger partial charge in [-0.1, -0.05) is 42.2 Å². The number of thioether (sulfide) groups is 1. The maximum atomic E-state index is 12.5. The van der Waals surface area contributed by atoms with E-state index in [1.807, 2.05) is 0 Å². The summed E-state index contributed by atoms with van der Waals surface area (Å²) in [7, 11) is 0. The Morgan fingerprint density at radius 3 is 2.83 bits per heavy atom. The van der Waals surface area contributed by atoms with Crippen molar-refractivity contribution in [3.8, 4) is 0 Å². The Bertz CT molecular complexity index is 868. The minimum absolute atomic E-state index is 0.0109. The van der Waals surface area contributed by atoms with Crippen molar-refractivity contribution in [2.75, 3.05) is 4.90 Å². The van der Waals surface area contributed by atoms with Gasteiger partial charge in [0.05, 0.1) is 22.8 Å². The van der Waals surface area contributed by atoms with Gasteiger partial charge < -0.3 is 14.3 Å². The summed E-state index contributed by atoms with van der Waals surface area (Å²) in [5.41, 5.74) is 0.390. The highest BCUT2D eigenvalue weighted by Crippen LogP contribution is 2.35. The number of allylic oxidation sites excluding steroid dienone is 2. The molecule has 3 rings (SSSR count). The van der Waals surface area contributed by atoms with Crippen LogP contribution in [0.15, 0.2) is 64.1 Å². The predicted octanol–water partition coefficient (Wildman–Crippen LogP) is 2.61. The first-order valence-electron chi connectivity index (χ1n) is 6.86. The first-order chi connectivity index (χ1) is 11.6. The zero-order valence-electron chi connectivity index (χ0n) is 12.2. The molecule has 1 aromatic carbocycles. The van der Waals surface area contributed by atoms with E-state index in [2.05, 4.69) is 0 Å². The molecule has 1 aliphatic rings.